The van der Waals surface area contributed by atoms with Crippen LogP contribution < -0.4 is 10.9 Å². The van der Waals surface area contributed by atoms with Crippen LogP contribution in [0.15, 0.2) is 23.0 Å². The van der Waals surface area contributed by atoms with Crippen LogP contribution in [0.2, 0.25) is 0 Å². The van der Waals surface area contributed by atoms with Crippen LogP contribution in [-0.2, 0) is 25.6 Å². The normalized spacial score (nSPS) is 21.6. The fourth-order valence-electron chi connectivity index (χ4n) is 3.89. The van der Waals surface area contributed by atoms with Crippen LogP contribution >= 0.6 is 12.2 Å². The third-order valence-corrected chi connectivity index (χ3v) is 5.52. The first-order valence-electron chi connectivity index (χ1n) is 8.82. The lowest BCUT2D eigenvalue weighted by Crippen LogP contribution is -2.55. The fourth-order valence-corrected chi connectivity index (χ4v) is 4.18. The number of rotatable bonds is 4. The average Bonchev–Trinajstić information content (AvgIpc) is 2.67. The number of thiocarbonyl (C=S) groups is 1. The summed E-state index contributed by atoms with van der Waals surface area (Å²) >= 11 is 5.50. The molecule has 3 rings (SSSR count). The number of ether oxygens (including phenoxy) is 2. The van der Waals surface area contributed by atoms with Crippen LogP contribution in [0, 0.1) is 5.92 Å². The molecule has 2 bridgehead atoms. The number of fused-ring (bicyclic) bond motifs is 4. The second-order valence-electron chi connectivity index (χ2n) is 6.91. The summed E-state index contributed by atoms with van der Waals surface area (Å²) in [7, 11) is 2.53. The molecule has 8 nitrogen and oxygen atoms in total. The van der Waals surface area contributed by atoms with E-state index in [0.717, 1.165) is 12.1 Å². The van der Waals surface area contributed by atoms with Crippen molar-refractivity contribution in [2.75, 3.05) is 27.3 Å². The zero-order valence-corrected chi connectivity index (χ0v) is 16.2. The Kier molecular flexibility index (Phi) is 5.79. The lowest BCUT2D eigenvalue weighted by molar-refractivity contribution is -0.149. The molecule has 27 heavy (non-hydrogen) atoms. The van der Waals surface area contributed by atoms with Crippen LogP contribution in [0.1, 0.15) is 24.5 Å². The molecule has 1 aromatic heterocycles. The molecular weight excluding hydrogens is 370 g/mol. The van der Waals surface area contributed by atoms with Crippen molar-refractivity contribution < 1.29 is 19.1 Å². The summed E-state index contributed by atoms with van der Waals surface area (Å²) in [6, 6.07) is 4.46. The predicted molar refractivity (Wildman–Crippen MR) is 101 cm³/mol. The van der Waals surface area contributed by atoms with Gasteiger partial charge in [-0.05, 0) is 30.6 Å². The molecule has 1 N–H and O–H groups in total. The van der Waals surface area contributed by atoms with Crippen molar-refractivity contribution in [3.05, 3.63) is 34.2 Å². The van der Waals surface area contributed by atoms with Gasteiger partial charge in [0.15, 0.2) is 5.11 Å². The highest BCUT2D eigenvalue weighted by atomic mass is 32.1. The highest BCUT2D eigenvalue weighted by molar-refractivity contribution is 7.80. The van der Waals surface area contributed by atoms with Crippen LogP contribution in [0.5, 0.6) is 0 Å². The van der Waals surface area contributed by atoms with Crippen molar-refractivity contribution in [2.24, 2.45) is 5.92 Å². The van der Waals surface area contributed by atoms with Crippen molar-refractivity contribution in [3.63, 3.8) is 0 Å². The second kappa shape index (κ2) is 8.08. The average molecular weight is 393 g/mol. The van der Waals surface area contributed by atoms with E-state index < -0.39 is 18.0 Å². The quantitative estimate of drug-likeness (QED) is 0.575. The molecule has 3 atom stereocenters. The first kappa shape index (κ1) is 19.3. The van der Waals surface area contributed by atoms with Crippen molar-refractivity contribution in [2.45, 2.75) is 31.3 Å². The second-order valence-corrected chi connectivity index (χ2v) is 7.30. The molecule has 1 aromatic rings. The number of esters is 2. The largest absolute Gasteiger partial charge is 0.469 e. The number of nitrogens with one attached hydrogen (secondary N) is 1. The Morgan fingerprint density at radius 3 is 2.74 bits per heavy atom. The molecule has 0 radical (unpaired) electrons. The first-order valence-corrected chi connectivity index (χ1v) is 9.23. The molecule has 2 aliphatic heterocycles. The molecule has 0 aromatic carbocycles. The molecule has 9 heteroatoms. The third kappa shape index (κ3) is 4.13. The van der Waals surface area contributed by atoms with E-state index >= 15 is 0 Å². The monoisotopic (exact) mass is 393 g/mol. The van der Waals surface area contributed by atoms with Crippen molar-refractivity contribution >= 4 is 29.3 Å². The molecule has 1 unspecified atom stereocenters. The molecule has 146 valence electrons. The molecule has 1 fully saturated rings. The molecule has 0 saturated carbocycles. The Balaban J connectivity index is 1.72. The van der Waals surface area contributed by atoms with Crippen molar-refractivity contribution in [3.8, 4) is 0 Å². The Morgan fingerprint density at radius 1 is 1.26 bits per heavy atom. The summed E-state index contributed by atoms with van der Waals surface area (Å²) in [5.74, 6) is -0.599. The number of nitrogens with zero attached hydrogens (tertiary/aromatic N) is 2. The van der Waals surface area contributed by atoms with Gasteiger partial charge >= 0.3 is 11.9 Å². The van der Waals surface area contributed by atoms with Gasteiger partial charge in [0.1, 0.15) is 6.04 Å². The van der Waals surface area contributed by atoms with Gasteiger partial charge in [-0.3, -0.25) is 9.59 Å². The fraction of sp³-hybridized carbons (Fsp3) is 0.556. The Morgan fingerprint density at radius 2 is 2.04 bits per heavy atom. The van der Waals surface area contributed by atoms with Crippen molar-refractivity contribution in [1.82, 2.24) is 14.8 Å². The minimum Gasteiger partial charge on any atom is -0.469 e. The summed E-state index contributed by atoms with van der Waals surface area (Å²) in [5.41, 5.74) is 1.05. The minimum absolute atomic E-state index is 0.0279. The van der Waals surface area contributed by atoms with Gasteiger partial charge in [-0.1, -0.05) is 6.07 Å². The first-order chi connectivity index (χ1) is 12.9. The summed E-state index contributed by atoms with van der Waals surface area (Å²) in [4.78, 5) is 37.7. The zero-order chi connectivity index (χ0) is 19.6. The van der Waals surface area contributed by atoms with Gasteiger partial charge < -0.3 is 24.3 Å². The van der Waals surface area contributed by atoms with Gasteiger partial charge in [-0.2, -0.15) is 0 Å². The number of carbonyl (C=O) groups is 2. The predicted octanol–water partition coefficient (Wildman–Crippen LogP) is 0.247. The van der Waals surface area contributed by atoms with Gasteiger partial charge in [-0.25, -0.2) is 4.79 Å². The lowest BCUT2D eigenvalue weighted by atomic mass is 9.83. The van der Waals surface area contributed by atoms with E-state index in [1.165, 1.54) is 14.2 Å². The van der Waals surface area contributed by atoms with Crippen molar-refractivity contribution in [1.29, 1.82) is 0 Å². The summed E-state index contributed by atoms with van der Waals surface area (Å²) in [5, 5.41) is 3.34. The Bertz CT molecular complexity index is 808. The number of hydrogen-bond donors (Lipinski definition) is 1. The topological polar surface area (TPSA) is 89.9 Å². The van der Waals surface area contributed by atoms with E-state index in [1.54, 1.807) is 12.1 Å². The molecule has 3 heterocycles. The van der Waals surface area contributed by atoms with Crippen LogP contribution in [0.25, 0.3) is 0 Å². The minimum atomic E-state index is -0.897. The number of carbonyl (C=O) groups excluding carboxylic acids is 2. The number of piperidine rings is 1. The zero-order valence-electron chi connectivity index (χ0n) is 15.3. The number of pyridine rings is 1. The van der Waals surface area contributed by atoms with E-state index in [1.807, 2.05) is 15.5 Å². The SMILES string of the molecule is COC(=O)CC(NC(=S)N1C[C@@H]2C[C@@H](C1)c1cccc(=O)n1C2)C(=O)OC. The standard InChI is InChI=1S/C18H23N3O5S/c1-25-16(23)7-13(17(24)26-2)19-18(27)20-8-11-6-12(10-20)14-4-3-5-15(22)21(14)9-11/h3-5,11-13H,6-10H2,1-2H3,(H,19,27)/t11-,12-,13?/m0/s1. The molecule has 0 spiro atoms. The van der Waals surface area contributed by atoms with E-state index in [9.17, 15) is 14.4 Å². The van der Waals surface area contributed by atoms with E-state index in [2.05, 4.69) is 10.1 Å². The van der Waals surface area contributed by atoms with Gasteiger partial charge in [0.2, 0.25) is 0 Å². The lowest BCUT2D eigenvalue weighted by Gasteiger charge is -2.44. The number of methoxy groups -OCH3 is 2. The summed E-state index contributed by atoms with van der Waals surface area (Å²) < 4.78 is 11.2. The van der Waals surface area contributed by atoms with Crippen LogP contribution in [0.4, 0.5) is 0 Å². The maximum Gasteiger partial charge on any atom is 0.328 e. The van der Waals surface area contributed by atoms with Gasteiger partial charge in [0, 0.05) is 37.3 Å². The van der Waals surface area contributed by atoms with E-state index in [0.29, 0.717) is 30.7 Å². The number of aromatic nitrogens is 1. The molecule has 1 saturated heterocycles. The number of likely N-dealkylation sites (tertiary alicyclic amines) is 1. The highest BCUT2D eigenvalue weighted by Gasteiger charge is 2.36. The Labute approximate surface area is 162 Å². The molecule has 0 amide bonds. The maximum absolute atomic E-state index is 12.1. The van der Waals surface area contributed by atoms with E-state index in [-0.39, 0.29) is 17.9 Å². The Hall–Kier alpha value is -2.42. The molecular formula is C18H23N3O5S. The van der Waals surface area contributed by atoms with Gasteiger partial charge in [-0.15, -0.1) is 0 Å². The van der Waals surface area contributed by atoms with Crippen LogP contribution in [-0.4, -0.2) is 59.9 Å². The third-order valence-electron chi connectivity index (χ3n) is 5.15. The highest BCUT2D eigenvalue weighted by Crippen LogP contribution is 2.34. The molecule has 0 aliphatic carbocycles. The smallest absolute Gasteiger partial charge is 0.328 e. The molecule has 2 aliphatic rings. The van der Waals surface area contributed by atoms with E-state index in [4.69, 9.17) is 17.0 Å². The van der Waals surface area contributed by atoms with Gasteiger partial charge in [0.05, 0.1) is 20.6 Å². The summed E-state index contributed by atoms with van der Waals surface area (Å²) in [6.45, 7) is 2.00. The number of hydrogen-bond acceptors (Lipinski definition) is 6. The maximum atomic E-state index is 12.1. The van der Waals surface area contributed by atoms with Crippen LogP contribution in [0.3, 0.4) is 0 Å². The summed E-state index contributed by atoms with van der Waals surface area (Å²) in [6.07, 6.45) is 0.841. The van der Waals surface area contributed by atoms with Gasteiger partial charge in [0.25, 0.3) is 5.56 Å².